The molecule has 0 N–H and O–H groups in total. The zero-order valence-corrected chi connectivity index (χ0v) is 8.20. The first-order chi connectivity index (χ1) is 6.06. The fourth-order valence-electron chi connectivity index (χ4n) is 2.54. The molecule has 0 aromatic carbocycles. The van der Waals surface area contributed by atoms with Crippen molar-refractivity contribution in [1.82, 2.24) is 0 Å². The molecule has 0 amide bonds. The molecular weight excluding hydrogens is 164 g/mol. The van der Waals surface area contributed by atoms with Crippen LogP contribution in [0.3, 0.4) is 0 Å². The molecular formula is C11H14O2. The van der Waals surface area contributed by atoms with Gasteiger partial charge in [0.15, 0.2) is 0 Å². The maximum Gasteiger partial charge on any atom is 0.310 e. The smallest absolute Gasteiger partial charge is 0.310 e. The van der Waals surface area contributed by atoms with Crippen LogP contribution in [-0.4, -0.2) is 13.1 Å². The average Bonchev–Trinajstić information content (AvgIpc) is 2.52. The summed E-state index contributed by atoms with van der Waals surface area (Å²) < 4.78 is 4.79. The number of hydrogen-bond acceptors (Lipinski definition) is 2. The molecule has 2 heteroatoms. The summed E-state index contributed by atoms with van der Waals surface area (Å²) in [5.74, 6) is -0.0961. The Morgan fingerprint density at radius 3 is 2.31 bits per heavy atom. The minimum atomic E-state index is -0.0961. The third-order valence-corrected chi connectivity index (χ3v) is 3.52. The van der Waals surface area contributed by atoms with Crippen LogP contribution in [-0.2, 0) is 9.53 Å². The number of methoxy groups -OCH3 is 1. The number of ether oxygens (including phenoxy) is 1. The zero-order chi connectivity index (χ0) is 9.69. The third-order valence-electron chi connectivity index (χ3n) is 3.52. The van der Waals surface area contributed by atoms with E-state index in [1.807, 2.05) is 12.2 Å². The normalized spacial score (nSPS) is 30.8. The highest BCUT2D eigenvalue weighted by Crippen LogP contribution is 2.72. The second-order valence-electron chi connectivity index (χ2n) is 4.33. The van der Waals surface area contributed by atoms with E-state index >= 15 is 0 Å². The van der Waals surface area contributed by atoms with Crippen LogP contribution >= 0.6 is 0 Å². The van der Waals surface area contributed by atoms with Crippen molar-refractivity contribution in [1.29, 1.82) is 0 Å². The SMILES string of the molecule is COC(=O)C1C(C)(C)C12C=CC=C2. The lowest BCUT2D eigenvalue weighted by Gasteiger charge is -2.05. The molecule has 2 aliphatic carbocycles. The second kappa shape index (κ2) is 2.25. The molecule has 0 aliphatic heterocycles. The Balaban J connectivity index is 2.31. The lowest BCUT2D eigenvalue weighted by atomic mass is 9.98. The summed E-state index contributed by atoms with van der Waals surface area (Å²) >= 11 is 0. The quantitative estimate of drug-likeness (QED) is 0.573. The van der Waals surface area contributed by atoms with E-state index < -0.39 is 0 Å². The van der Waals surface area contributed by atoms with Gasteiger partial charge in [-0.15, -0.1) is 0 Å². The van der Waals surface area contributed by atoms with Gasteiger partial charge in [0.25, 0.3) is 0 Å². The van der Waals surface area contributed by atoms with Crippen LogP contribution in [0, 0.1) is 16.7 Å². The molecule has 2 nitrogen and oxygen atoms in total. The summed E-state index contributed by atoms with van der Waals surface area (Å²) in [5.41, 5.74) is -0.0380. The molecule has 0 radical (unpaired) electrons. The van der Waals surface area contributed by atoms with E-state index in [1.54, 1.807) is 0 Å². The average molecular weight is 178 g/mol. The number of carbonyl (C=O) groups is 1. The highest BCUT2D eigenvalue weighted by molar-refractivity contribution is 5.81. The second-order valence-corrected chi connectivity index (χ2v) is 4.33. The minimum absolute atomic E-state index is 0.000000000000000888. The van der Waals surface area contributed by atoms with E-state index in [-0.39, 0.29) is 22.7 Å². The maximum absolute atomic E-state index is 11.5. The molecule has 2 rings (SSSR count). The number of carbonyl (C=O) groups excluding carboxylic acids is 1. The van der Waals surface area contributed by atoms with Crippen molar-refractivity contribution >= 4 is 5.97 Å². The van der Waals surface area contributed by atoms with Crippen molar-refractivity contribution in [2.24, 2.45) is 16.7 Å². The molecule has 70 valence electrons. The first-order valence-electron chi connectivity index (χ1n) is 4.51. The van der Waals surface area contributed by atoms with Gasteiger partial charge in [-0.1, -0.05) is 38.2 Å². The molecule has 13 heavy (non-hydrogen) atoms. The molecule has 0 aromatic heterocycles. The van der Waals surface area contributed by atoms with Crippen LogP contribution in [0.15, 0.2) is 24.3 Å². The predicted octanol–water partition coefficient (Wildman–Crippen LogP) is 1.93. The van der Waals surface area contributed by atoms with Crippen LogP contribution in [0.4, 0.5) is 0 Å². The summed E-state index contributed by atoms with van der Waals surface area (Å²) in [6.45, 7) is 4.21. The lowest BCUT2D eigenvalue weighted by Crippen LogP contribution is -2.08. The number of allylic oxidation sites excluding steroid dienone is 4. The first kappa shape index (κ1) is 8.54. The van der Waals surface area contributed by atoms with E-state index in [4.69, 9.17) is 4.74 Å². The van der Waals surface area contributed by atoms with Gasteiger partial charge in [0, 0.05) is 5.41 Å². The zero-order valence-electron chi connectivity index (χ0n) is 8.20. The van der Waals surface area contributed by atoms with Crippen LogP contribution < -0.4 is 0 Å². The molecule has 0 bridgehead atoms. The van der Waals surface area contributed by atoms with Gasteiger partial charge in [-0.05, 0) is 5.41 Å². The van der Waals surface area contributed by atoms with Gasteiger partial charge < -0.3 is 4.74 Å². The molecule has 0 heterocycles. The highest BCUT2D eigenvalue weighted by Gasteiger charge is 2.72. The van der Waals surface area contributed by atoms with E-state index in [1.165, 1.54) is 7.11 Å². The minimum Gasteiger partial charge on any atom is -0.469 e. The summed E-state index contributed by atoms with van der Waals surface area (Å²) in [7, 11) is 1.45. The molecule has 1 saturated carbocycles. The Morgan fingerprint density at radius 2 is 1.85 bits per heavy atom. The van der Waals surface area contributed by atoms with Gasteiger partial charge in [-0.3, -0.25) is 4.79 Å². The lowest BCUT2D eigenvalue weighted by molar-refractivity contribution is -0.143. The standard InChI is InChI=1S/C11H14O2/c1-10(2)8(9(12)13-3)11(10)6-4-5-7-11/h4-8H,1-3H3. The van der Waals surface area contributed by atoms with Crippen LogP contribution in [0.25, 0.3) is 0 Å². The Kier molecular flexibility index (Phi) is 1.48. The van der Waals surface area contributed by atoms with E-state index in [0.29, 0.717) is 0 Å². The van der Waals surface area contributed by atoms with Crippen molar-refractivity contribution < 1.29 is 9.53 Å². The van der Waals surface area contributed by atoms with Crippen molar-refractivity contribution in [3.63, 3.8) is 0 Å². The summed E-state index contributed by atoms with van der Waals surface area (Å²) in [5, 5.41) is 0. The fraction of sp³-hybridized carbons (Fsp3) is 0.545. The Labute approximate surface area is 78.3 Å². The summed E-state index contributed by atoms with van der Waals surface area (Å²) in [4.78, 5) is 11.5. The summed E-state index contributed by atoms with van der Waals surface area (Å²) in [6, 6.07) is 0. The maximum atomic E-state index is 11.5. The highest BCUT2D eigenvalue weighted by atomic mass is 16.5. The van der Waals surface area contributed by atoms with E-state index in [9.17, 15) is 4.79 Å². The topological polar surface area (TPSA) is 26.3 Å². The van der Waals surface area contributed by atoms with Crippen molar-refractivity contribution in [2.75, 3.05) is 7.11 Å². The van der Waals surface area contributed by atoms with Gasteiger partial charge >= 0.3 is 5.97 Å². The van der Waals surface area contributed by atoms with Gasteiger partial charge in [0.1, 0.15) is 0 Å². The number of esters is 1. The van der Waals surface area contributed by atoms with Gasteiger partial charge in [0.05, 0.1) is 13.0 Å². The van der Waals surface area contributed by atoms with Crippen molar-refractivity contribution in [2.45, 2.75) is 13.8 Å². The number of rotatable bonds is 1. The van der Waals surface area contributed by atoms with Gasteiger partial charge in [0.2, 0.25) is 0 Å². The molecule has 0 saturated heterocycles. The first-order valence-corrected chi connectivity index (χ1v) is 4.51. The van der Waals surface area contributed by atoms with Crippen LogP contribution in [0.5, 0.6) is 0 Å². The largest absolute Gasteiger partial charge is 0.469 e. The predicted molar refractivity (Wildman–Crippen MR) is 50.0 cm³/mol. The van der Waals surface area contributed by atoms with Gasteiger partial charge in [-0.2, -0.15) is 0 Å². The molecule has 1 atom stereocenters. The molecule has 2 aliphatic rings. The van der Waals surface area contributed by atoms with Crippen LogP contribution in [0.2, 0.25) is 0 Å². The summed E-state index contributed by atoms with van der Waals surface area (Å²) in [6.07, 6.45) is 8.22. The van der Waals surface area contributed by atoms with Crippen LogP contribution in [0.1, 0.15) is 13.8 Å². The fourth-order valence-corrected chi connectivity index (χ4v) is 2.54. The Hall–Kier alpha value is -1.05. The van der Waals surface area contributed by atoms with E-state index in [0.717, 1.165) is 0 Å². The van der Waals surface area contributed by atoms with E-state index in [2.05, 4.69) is 26.0 Å². The molecule has 1 spiro atoms. The molecule has 1 fully saturated rings. The molecule has 1 unspecified atom stereocenters. The number of hydrogen-bond donors (Lipinski definition) is 0. The Morgan fingerprint density at radius 1 is 1.31 bits per heavy atom. The monoisotopic (exact) mass is 178 g/mol. The third kappa shape index (κ3) is 0.808. The van der Waals surface area contributed by atoms with Crippen molar-refractivity contribution in [3.05, 3.63) is 24.3 Å². The molecule has 0 aromatic rings. The Bertz CT molecular complexity index is 298. The van der Waals surface area contributed by atoms with Gasteiger partial charge in [-0.25, -0.2) is 0 Å². The van der Waals surface area contributed by atoms with Crippen molar-refractivity contribution in [3.8, 4) is 0 Å².